The molecule has 1 N–H and O–H groups in total. The summed E-state index contributed by atoms with van der Waals surface area (Å²) in [6.45, 7) is 2.03. The maximum atomic E-state index is 12.7. The molecule has 140 valence electrons. The molecule has 0 saturated heterocycles. The zero-order chi connectivity index (χ0) is 19.0. The van der Waals surface area contributed by atoms with E-state index >= 15 is 0 Å². The van der Waals surface area contributed by atoms with Crippen molar-refractivity contribution in [2.75, 3.05) is 6.54 Å². The van der Waals surface area contributed by atoms with Gasteiger partial charge in [0.1, 0.15) is 0 Å². The summed E-state index contributed by atoms with van der Waals surface area (Å²) in [7, 11) is 0. The van der Waals surface area contributed by atoms with Crippen LogP contribution in [0.4, 0.5) is 13.2 Å². The predicted octanol–water partition coefficient (Wildman–Crippen LogP) is 3.14. The van der Waals surface area contributed by atoms with Gasteiger partial charge >= 0.3 is 6.18 Å². The first-order valence-corrected chi connectivity index (χ1v) is 8.54. The molecule has 0 fully saturated rings. The molecule has 0 radical (unpaired) electrons. The summed E-state index contributed by atoms with van der Waals surface area (Å²) in [5.41, 5.74) is 1.51. The highest BCUT2D eigenvalue weighted by Crippen LogP contribution is 2.28. The smallest absolute Gasteiger partial charge is 0.294 e. The molecular formula is C19H17F3N4O. The van der Waals surface area contributed by atoms with E-state index in [1.165, 1.54) is 16.3 Å². The Morgan fingerprint density at radius 3 is 2.56 bits per heavy atom. The molecule has 0 unspecified atom stereocenters. The van der Waals surface area contributed by atoms with Crippen LogP contribution in [0.1, 0.15) is 22.4 Å². The van der Waals surface area contributed by atoms with E-state index < -0.39 is 11.7 Å². The SMILES string of the molecule is O=c1c2c([nH]n1-c1ccc(C(F)(F)F)cn1)CCN(Cc1ccccc1)C2. The van der Waals surface area contributed by atoms with Gasteiger partial charge in [-0.1, -0.05) is 30.3 Å². The third-order valence-electron chi connectivity index (χ3n) is 4.69. The van der Waals surface area contributed by atoms with Crippen LogP contribution < -0.4 is 5.56 Å². The lowest BCUT2D eigenvalue weighted by molar-refractivity contribution is -0.137. The average Bonchev–Trinajstić information content (AvgIpc) is 2.98. The van der Waals surface area contributed by atoms with Crippen LogP contribution in [-0.2, 0) is 25.7 Å². The number of fused-ring (bicyclic) bond motifs is 1. The van der Waals surface area contributed by atoms with Gasteiger partial charge in [-0.05, 0) is 17.7 Å². The number of aromatic nitrogens is 3. The molecule has 0 amide bonds. The summed E-state index contributed by atoms with van der Waals surface area (Å²) in [4.78, 5) is 18.7. The molecular weight excluding hydrogens is 357 g/mol. The number of nitrogens with zero attached hydrogens (tertiary/aromatic N) is 3. The molecule has 27 heavy (non-hydrogen) atoms. The van der Waals surface area contributed by atoms with E-state index in [2.05, 4.69) is 15.0 Å². The minimum Gasteiger partial charge on any atom is -0.294 e. The Kier molecular flexibility index (Phi) is 4.35. The first-order chi connectivity index (χ1) is 12.9. The van der Waals surface area contributed by atoms with Crippen molar-refractivity contribution in [1.82, 2.24) is 19.7 Å². The van der Waals surface area contributed by atoms with E-state index in [1.807, 2.05) is 30.3 Å². The van der Waals surface area contributed by atoms with Crippen molar-refractivity contribution in [1.29, 1.82) is 0 Å². The van der Waals surface area contributed by atoms with Crippen molar-refractivity contribution in [3.8, 4) is 5.82 Å². The van der Waals surface area contributed by atoms with Crippen molar-refractivity contribution in [2.45, 2.75) is 25.7 Å². The second-order valence-electron chi connectivity index (χ2n) is 6.56. The summed E-state index contributed by atoms with van der Waals surface area (Å²) in [6.07, 6.45) is -3.04. The maximum absolute atomic E-state index is 12.7. The quantitative estimate of drug-likeness (QED) is 0.766. The van der Waals surface area contributed by atoms with Gasteiger partial charge in [0.2, 0.25) is 0 Å². The number of pyridine rings is 1. The molecule has 3 aromatic rings. The van der Waals surface area contributed by atoms with Crippen LogP contribution in [0.15, 0.2) is 53.5 Å². The summed E-state index contributed by atoms with van der Waals surface area (Å²) in [6, 6.07) is 12.1. The monoisotopic (exact) mass is 374 g/mol. The number of H-pyrrole nitrogens is 1. The third kappa shape index (κ3) is 3.52. The predicted molar refractivity (Wildman–Crippen MR) is 93.4 cm³/mol. The van der Waals surface area contributed by atoms with Gasteiger partial charge in [-0.25, -0.2) is 9.67 Å². The molecule has 0 atom stereocenters. The first-order valence-electron chi connectivity index (χ1n) is 8.54. The molecule has 3 heterocycles. The Morgan fingerprint density at radius 2 is 1.89 bits per heavy atom. The Hall–Kier alpha value is -2.87. The van der Waals surface area contributed by atoms with Crippen molar-refractivity contribution >= 4 is 0 Å². The maximum Gasteiger partial charge on any atom is 0.417 e. The fourth-order valence-electron chi connectivity index (χ4n) is 3.28. The van der Waals surface area contributed by atoms with Crippen LogP contribution in [-0.4, -0.2) is 26.2 Å². The van der Waals surface area contributed by atoms with E-state index in [1.54, 1.807) is 0 Å². The van der Waals surface area contributed by atoms with Crippen LogP contribution in [0, 0.1) is 0 Å². The van der Waals surface area contributed by atoms with Gasteiger partial charge in [-0.15, -0.1) is 0 Å². The molecule has 0 spiro atoms. The molecule has 0 saturated carbocycles. The van der Waals surface area contributed by atoms with Gasteiger partial charge in [-0.2, -0.15) is 13.2 Å². The van der Waals surface area contributed by atoms with Gasteiger partial charge in [0.05, 0.1) is 11.1 Å². The molecule has 2 aromatic heterocycles. The van der Waals surface area contributed by atoms with E-state index in [9.17, 15) is 18.0 Å². The summed E-state index contributed by atoms with van der Waals surface area (Å²) >= 11 is 0. The topological polar surface area (TPSA) is 53.9 Å². The number of hydrogen-bond donors (Lipinski definition) is 1. The lowest BCUT2D eigenvalue weighted by Crippen LogP contribution is -2.32. The van der Waals surface area contributed by atoms with E-state index in [4.69, 9.17) is 0 Å². The summed E-state index contributed by atoms with van der Waals surface area (Å²) < 4.78 is 39.3. The second kappa shape index (κ2) is 6.70. The van der Waals surface area contributed by atoms with Crippen LogP contribution >= 0.6 is 0 Å². The van der Waals surface area contributed by atoms with E-state index in [0.29, 0.717) is 18.5 Å². The number of benzene rings is 1. The van der Waals surface area contributed by atoms with Gasteiger partial charge in [0, 0.05) is 37.9 Å². The summed E-state index contributed by atoms with van der Waals surface area (Å²) in [5, 5.41) is 2.99. The van der Waals surface area contributed by atoms with Crippen LogP contribution in [0.25, 0.3) is 5.82 Å². The standard InChI is InChI=1S/C19H17F3N4O/c20-19(21,22)14-6-7-17(23-10-14)26-18(27)15-12-25(9-8-16(15)24-26)11-13-4-2-1-3-5-13/h1-7,10,24H,8-9,11-12H2. The number of alkyl halides is 3. The lowest BCUT2D eigenvalue weighted by atomic mass is 10.1. The van der Waals surface area contributed by atoms with Crippen LogP contribution in [0.5, 0.6) is 0 Å². The number of rotatable bonds is 3. The molecule has 1 aromatic carbocycles. The van der Waals surface area contributed by atoms with E-state index in [-0.39, 0.29) is 11.4 Å². The fraction of sp³-hybridized carbons (Fsp3) is 0.263. The number of aromatic amines is 1. The number of halogens is 3. The largest absolute Gasteiger partial charge is 0.417 e. The van der Waals surface area contributed by atoms with E-state index in [0.717, 1.165) is 31.0 Å². The van der Waals surface area contributed by atoms with Crippen LogP contribution in [0.3, 0.4) is 0 Å². The molecule has 1 aliphatic rings. The first kappa shape index (κ1) is 17.5. The zero-order valence-electron chi connectivity index (χ0n) is 14.3. The molecule has 4 rings (SSSR count). The average molecular weight is 374 g/mol. The highest BCUT2D eigenvalue weighted by Gasteiger charge is 2.31. The highest BCUT2D eigenvalue weighted by atomic mass is 19.4. The Morgan fingerprint density at radius 1 is 1.11 bits per heavy atom. The van der Waals surface area contributed by atoms with Crippen molar-refractivity contribution in [3.05, 3.63) is 81.4 Å². The zero-order valence-corrected chi connectivity index (χ0v) is 14.3. The molecule has 5 nitrogen and oxygen atoms in total. The van der Waals surface area contributed by atoms with Crippen molar-refractivity contribution < 1.29 is 13.2 Å². The van der Waals surface area contributed by atoms with Crippen LogP contribution in [0.2, 0.25) is 0 Å². The summed E-state index contributed by atoms with van der Waals surface area (Å²) in [5.74, 6) is 0.150. The molecule has 1 aliphatic heterocycles. The molecule has 8 heteroatoms. The molecule has 0 aliphatic carbocycles. The minimum absolute atomic E-state index is 0.150. The normalized spacial score (nSPS) is 14.9. The highest BCUT2D eigenvalue weighted by molar-refractivity contribution is 5.30. The third-order valence-corrected chi connectivity index (χ3v) is 4.69. The minimum atomic E-state index is -4.45. The lowest BCUT2D eigenvalue weighted by Gasteiger charge is -2.25. The fourth-order valence-corrected chi connectivity index (χ4v) is 3.28. The van der Waals surface area contributed by atoms with Gasteiger partial charge in [-0.3, -0.25) is 14.8 Å². The number of nitrogens with one attached hydrogen (secondary N) is 1. The number of hydrogen-bond acceptors (Lipinski definition) is 3. The Labute approximate surface area is 153 Å². The van der Waals surface area contributed by atoms with Crippen molar-refractivity contribution in [2.24, 2.45) is 0 Å². The molecule has 0 bridgehead atoms. The van der Waals surface area contributed by atoms with Gasteiger partial charge in [0.25, 0.3) is 5.56 Å². The Balaban J connectivity index is 1.58. The van der Waals surface area contributed by atoms with Crippen molar-refractivity contribution in [3.63, 3.8) is 0 Å². The van der Waals surface area contributed by atoms with Gasteiger partial charge < -0.3 is 0 Å². The Bertz CT molecular complexity index is 991. The van der Waals surface area contributed by atoms with Gasteiger partial charge in [0.15, 0.2) is 5.82 Å². The second-order valence-corrected chi connectivity index (χ2v) is 6.56.